The maximum atomic E-state index is 13.3. The lowest BCUT2D eigenvalue weighted by atomic mass is 9.87. The van der Waals surface area contributed by atoms with Gasteiger partial charge < -0.3 is 10.4 Å². The summed E-state index contributed by atoms with van der Waals surface area (Å²) in [5.74, 6) is -0.167. The van der Waals surface area contributed by atoms with Crippen molar-refractivity contribution in [2.45, 2.75) is 31.8 Å². The van der Waals surface area contributed by atoms with Crippen LogP contribution >= 0.6 is 0 Å². The van der Waals surface area contributed by atoms with E-state index in [1.165, 1.54) is 11.6 Å². The SMILES string of the molecule is OCCn1cc(NC2CCCc3cc(F)ccc32)cn1. The standard InChI is InChI=1S/C15H18FN3O/c16-12-4-5-14-11(8-12)2-1-3-15(14)18-13-9-17-19(10-13)6-7-20/h4-5,8-10,15,18,20H,1-3,6-7H2. The van der Waals surface area contributed by atoms with Crippen molar-refractivity contribution in [3.05, 3.63) is 47.5 Å². The van der Waals surface area contributed by atoms with Crippen molar-refractivity contribution in [3.8, 4) is 0 Å². The molecule has 0 radical (unpaired) electrons. The van der Waals surface area contributed by atoms with Gasteiger partial charge in [0.2, 0.25) is 0 Å². The Hall–Kier alpha value is -1.88. The predicted octanol–water partition coefficient (Wildman–Crippen LogP) is 2.50. The molecule has 4 nitrogen and oxygen atoms in total. The number of rotatable bonds is 4. The van der Waals surface area contributed by atoms with Gasteiger partial charge in [-0.3, -0.25) is 4.68 Å². The number of aromatic nitrogens is 2. The zero-order valence-electron chi connectivity index (χ0n) is 11.2. The summed E-state index contributed by atoms with van der Waals surface area (Å²) in [6.45, 7) is 0.570. The van der Waals surface area contributed by atoms with Crippen LogP contribution in [0.15, 0.2) is 30.6 Å². The minimum atomic E-state index is -0.167. The van der Waals surface area contributed by atoms with E-state index in [9.17, 15) is 4.39 Å². The second kappa shape index (κ2) is 5.63. The van der Waals surface area contributed by atoms with Gasteiger partial charge >= 0.3 is 0 Å². The lowest BCUT2D eigenvalue weighted by Crippen LogP contribution is -2.17. The van der Waals surface area contributed by atoms with E-state index in [1.54, 1.807) is 16.9 Å². The topological polar surface area (TPSA) is 50.1 Å². The molecule has 1 aromatic heterocycles. The number of nitrogens with one attached hydrogen (secondary N) is 1. The number of aryl methyl sites for hydroxylation is 1. The molecule has 0 saturated heterocycles. The van der Waals surface area contributed by atoms with Gasteiger partial charge in [-0.25, -0.2) is 4.39 Å². The minimum Gasteiger partial charge on any atom is -0.394 e. The van der Waals surface area contributed by atoms with Crippen LogP contribution in [0.25, 0.3) is 0 Å². The van der Waals surface area contributed by atoms with Crippen molar-refractivity contribution in [2.75, 3.05) is 11.9 Å². The largest absolute Gasteiger partial charge is 0.394 e. The monoisotopic (exact) mass is 275 g/mol. The zero-order chi connectivity index (χ0) is 13.9. The van der Waals surface area contributed by atoms with E-state index in [0.29, 0.717) is 6.54 Å². The minimum absolute atomic E-state index is 0.0761. The number of hydrogen-bond donors (Lipinski definition) is 2. The van der Waals surface area contributed by atoms with Gasteiger partial charge in [0.25, 0.3) is 0 Å². The molecule has 0 fully saturated rings. The number of anilines is 1. The van der Waals surface area contributed by atoms with Crippen LogP contribution in [-0.2, 0) is 13.0 Å². The van der Waals surface area contributed by atoms with Gasteiger partial charge in [-0.05, 0) is 42.5 Å². The van der Waals surface area contributed by atoms with Gasteiger partial charge in [0.1, 0.15) is 5.82 Å². The van der Waals surface area contributed by atoms with Gasteiger partial charge in [0, 0.05) is 6.20 Å². The number of aliphatic hydroxyl groups excluding tert-OH is 1. The van der Waals surface area contributed by atoms with E-state index in [2.05, 4.69) is 10.4 Å². The van der Waals surface area contributed by atoms with Gasteiger partial charge in [0.05, 0.1) is 31.1 Å². The van der Waals surface area contributed by atoms with Crippen LogP contribution in [0.1, 0.15) is 30.0 Å². The van der Waals surface area contributed by atoms with Crippen LogP contribution in [0.4, 0.5) is 10.1 Å². The molecule has 0 saturated carbocycles. The van der Waals surface area contributed by atoms with Crippen LogP contribution in [0.3, 0.4) is 0 Å². The quantitative estimate of drug-likeness (QED) is 0.901. The van der Waals surface area contributed by atoms with Gasteiger partial charge in [-0.2, -0.15) is 5.10 Å². The van der Waals surface area contributed by atoms with Crippen molar-refractivity contribution < 1.29 is 9.50 Å². The number of aliphatic hydroxyl groups is 1. The predicted molar refractivity (Wildman–Crippen MR) is 75.0 cm³/mol. The molecule has 3 rings (SSSR count). The second-order valence-corrected chi connectivity index (χ2v) is 5.15. The molecule has 1 atom stereocenters. The van der Waals surface area contributed by atoms with Crippen LogP contribution in [-0.4, -0.2) is 21.5 Å². The molecule has 1 aliphatic rings. The lowest BCUT2D eigenvalue weighted by molar-refractivity contribution is 0.269. The summed E-state index contributed by atoms with van der Waals surface area (Å²) in [6, 6.07) is 5.23. The van der Waals surface area contributed by atoms with Crippen molar-refractivity contribution in [1.29, 1.82) is 0 Å². The van der Waals surface area contributed by atoms with Crippen LogP contribution in [0.2, 0.25) is 0 Å². The molecule has 106 valence electrons. The summed E-state index contributed by atoms with van der Waals surface area (Å²) < 4.78 is 15.0. The van der Waals surface area contributed by atoms with E-state index in [-0.39, 0.29) is 18.5 Å². The van der Waals surface area contributed by atoms with Crippen molar-refractivity contribution in [1.82, 2.24) is 9.78 Å². The molecule has 0 amide bonds. The molecule has 0 spiro atoms. The third-order valence-corrected chi connectivity index (χ3v) is 3.72. The molecule has 1 unspecified atom stereocenters. The van der Waals surface area contributed by atoms with E-state index in [0.717, 1.165) is 30.5 Å². The highest BCUT2D eigenvalue weighted by Crippen LogP contribution is 2.32. The van der Waals surface area contributed by atoms with E-state index in [4.69, 9.17) is 5.11 Å². The van der Waals surface area contributed by atoms with Crippen LogP contribution in [0.5, 0.6) is 0 Å². The summed E-state index contributed by atoms with van der Waals surface area (Å²) in [4.78, 5) is 0. The van der Waals surface area contributed by atoms with Gasteiger partial charge in [-0.15, -0.1) is 0 Å². The molecule has 1 aliphatic carbocycles. The Morgan fingerprint density at radius 3 is 3.20 bits per heavy atom. The summed E-state index contributed by atoms with van der Waals surface area (Å²) in [5.41, 5.74) is 3.20. The van der Waals surface area contributed by atoms with E-state index in [1.807, 2.05) is 12.3 Å². The number of benzene rings is 1. The number of halogens is 1. The average Bonchev–Trinajstić information content (AvgIpc) is 2.86. The normalized spacial score (nSPS) is 17.8. The highest BCUT2D eigenvalue weighted by atomic mass is 19.1. The highest BCUT2D eigenvalue weighted by molar-refractivity contribution is 5.44. The van der Waals surface area contributed by atoms with E-state index >= 15 is 0 Å². The fraction of sp³-hybridized carbons (Fsp3) is 0.400. The Kier molecular flexibility index (Phi) is 3.69. The van der Waals surface area contributed by atoms with Crippen LogP contribution < -0.4 is 5.32 Å². The molecule has 2 N–H and O–H groups in total. The average molecular weight is 275 g/mol. The fourth-order valence-electron chi connectivity index (χ4n) is 2.80. The van der Waals surface area contributed by atoms with Gasteiger partial charge in [-0.1, -0.05) is 6.07 Å². The first-order valence-electron chi connectivity index (χ1n) is 6.94. The Labute approximate surface area is 117 Å². The Bertz CT molecular complexity index is 597. The molecule has 0 aliphatic heterocycles. The molecule has 1 aromatic carbocycles. The molecule has 1 heterocycles. The first-order chi connectivity index (χ1) is 9.76. The third kappa shape index (κ3) is 2.67. The van der Waals surface area contributed by atoms with Crippen molar-refractivity contribution in [3.63, 3.8) is 0 Å². The molecular weight excluding hydrogens is 257 g/mol. The summed E-state index contributed by atoms with van der Waals surface area (Å²) in [5, 5.41) is 16.5. The molecule has 0 bridgehead atoms. The van der Waals surface area contributed by atoms with Crippen molar-refractivity contribution in [2.24, 2.45) is 0 Å². The van der Waals surface area contributed by atoms with Crippen LogP contribution in [0, 0.1) is 5.82 Å². The summed E-state index contributed by atoms with van der Waals surface area (Å²) in [7, 11) is 0. The maximum absolute atomic E-state index is 13.3. The molecule has 2 aromatic rings. The maximum Gasteiger partial charge on any atom is 0.123 e. The first kappa shape index (κ1) is 13.1. The number of hydrogen-bond acceptors (Lipinski definition) is 3. The second-order valence-electron chi connectivity index (χ2n) is 5.15. The highest BCUT2D eigenvalue weighted by Gasteiger charge is 2.20. The fourth-order valence-corrected chi connectivity index (χ4v) is 2.80. The van der Waals surface area contributed by atoms with E-state index < -0.39 is 0 Å². The Balaban J connectivity index is 1.78. The molecule has 5 heteroatoms. The van der Waals surface area contributed by atoms with Gasteiger partial charge in [0.15, 0.2) is 0 Å². The Morgan fingerprint density at radius 1 is 1.45 bits per heavy atom. The Morgan fingerprint density at radius 2 is 2.35 bits per heavy atom. The smallest absolute Gasteiger partial charge is 0.123 e. The summed E-state index contributed by atoms with van der Waals surface area (Å²) in [6.07, 6.45) is 6.67. The molecule has 20 heavy (non-hydrogen) atoms. The molecular formula is C15H18FN3O. The lowest BCUT2D eigenvalue weighted by Gasteiger charge is -2.26. The van der Waals surface area contributed by atoms with Crippen molar-refractivity contribution >= 4 is 5.69 Å². The number of fused-ring (bicyclic) bond motifs is 1. The summed E-state index contributed by atoms with van der Waals surface area (Å²) >= 11 is 0. The first-order valence-corrected chi connectivity index (χ1v) is 6.94. The zero-order valence-corrected chi connectivity index (χ0v) is 11.2. The third-order valence-electron chi connectivity index (χ3n) is 3.72. The number of nitrogens with zero attached hydrogens (tertiary/aromatic N) is 2.